The summed E-state index contributed by atoms with van der Waals surface area (Å²) in [6, 6.07) is 29.9. The molecule has 0 bridgehead atoms. The second-order valence-electron chi connectivity index (χ2n) is 16.6. The number of allylic oxidation sites excluding steroid dienone is 1. The number of phenols is 1. The number of carbonyl (C=O) groups is 1. The average Bonchev–Trinajstić information content (AvgIpc) is 3.14. The molecule has 0 aromatic heterocycles. The van der Waals surface area contributed by atoms with E-state index in [1.165, 1.54) is 24.1 Å². The summed E-state index contributed by atoms with van der Waals surface area (Å²) >= 11 is 1.48. The first-order valence-corrected chi connectivity index (χ1v) is 22.2. The number of carbonyl (C=O) groups excluding carboxylic acids is 1. The van der Waals surface area contributed by atoms with Gasteiger partial charge in [0.05, 0.1) is 29.2 Å². The fourth-order valence-corrected chi connectivity index (χ4v) is 10.5. The molecule has 0 fully saturated rings. The fourth-order valence-electron chi connectivity index (χ4n) is 6.40. The molecule has 56 heavy (non-hydrogen) atoms. The number of Topliss-reactive ketones (excluding diaryl/α,β-unsaturated/α-hetero) is 1. The van der Waals surface area contributed by atoms with Crippen LogP contribution >= 0.6 is 18.8 Å². The average molecular weight is 799 g/mol. The summed E-state index contributed by atoms with van der Waals surface area (Å²) in [6.07, 6.45) is 6.27. The first kappa shape index (κ1) is 44.6. The van der Waals surface area contributed by atoms with Crippen molar-refractivity contribution in [2.75, 3.05) is 19.4 Å². The van der Waals surface area contributed by atoms with Gasteiger partial charge in [-0.3, -0.25) is 4.79 Å². The number of methoxy groups -OCH3 is 1. The number of hydrogen-bond acceptors (Lipinski definition) is 6. The van der Waals surface area contributed by atoms with Gasteiger partial charge < -0.3 is 9.84 Å². The quantitative estimate of drug-likeness (QED) is 0.0614. The summed E-state index contributed by atoms with van der Waals surface area (Å²) in [5, 5.41) is 20.7. The Morgan fingerprint density at radius 2 is 1.46 bits per heavy atom. The standard InChI is InChI=1S/C47H57F2N2O3PS/c1-34(45(2,3)4)15-13-27-55(9,28-14-20-44(53)46(5,6)7)47(48,49)40-26-23-37(30-41(40)52)33-51(56-43-19-11-10-18-42(43)54-8)32-35-21-24-38(25-22-35)39-17-12-16-36(29-39)31-50/h10-12,16-19,21-26,29-30,52H,1,9,13-15,20,27-28,32-33H2,2-8H3. The van der Waals surface area contributed by atoms with Crippen molar-refractivity contribution in [2.24, 2.45) is 10.8 Å². The minimum absolute atomic E-state index is 0.0394. The van der Waals surface area contributed by atoms with Crippen LogP contribution in [0.15, 0.2) is 108 Å². The summed E-state index contributed by atoms with van der Waals surface area (Å²) in [5.41, 5.74) is 0.748. The zero-order valence-corrected chi connectivity index (χ0v) is 35.7. The maximum Gasteiger partial charge on any atom is 0.292 e. The van der Waals surface area contributed by atoms with Gasteiger partial charge >= 0.3 is 0 Å². The smallest absolute Gasteiger partial charge is 0.292 e. The molecule has 1 unspecified atom stereocenters. The Balaban J connectivity index is 1.61. The molecule has 0 aliphatic carbocycles. The van der Waals surface area contributed by atoms with E-state index in [2.05, 4.69) is 44.0 Å². The molecular weight excluding hydrogens is 742 g/mol. The number of nitriles is 1. The lowest BCUT2D eigenvalue weighted by Gasteiger charge is -2.35. The van der Waals surface area contributed by atoms with Crippen molar-refractivity contribution in [3.8, 4) is 28.7 Å². The first-order chi connectivity index (χ1) is 26.3. The van der Waals surface area contributed by atoms with Gasteiger partial charge in [-0.25, -0.2) is 4.31 Å². The molecular formula is C47H57F2N2O3PS. The summed E-state index contributed by atoms with van der Waals surface area (Å²) in [6.45, 7) is 13.5. The Labute approximate surface area is 337 Å². The Kier molecular flexibility index (Phi) is 15.0. The molecule has 9 heteroatoms. The monoisotopic (exact) mass is 798 g/mol. The molecule has 0 saturated heterocycles. The van der Waals surface area contributed by atoms with Gasteiger partial charge in [0.1, 0.15) is 17.3 Å². The number of ether oxygens (including phenoxy) is 1. The SMILES string of the molecule is C=C(CCCP(=C)(CCCC(=O)C(C)(C)C)C(F)(F)c1ccc(CN(Cc2ccc(-c3cccc(C#N)c3)cc2)Sc2ccccc2OC)cc1O)C(C)(C)C. The topological polar surface area (TPSA) is 73.6 Å². The van der Waals surface area contributed by atoms with Gasteiger partial charge in [0.25, 0.3) is 5.66 Å². The van der Waals surface area contributed by atoms with Gasteiger partial charge in [-0.2, -0.15) is 14.0 Å². The van der Waals surface area contributed by atoms with Crippen LogP contribution in [0.25, 0.3) is 11.1 Å². The predicted octanol–water partition coefficient (Wildman–Crippen LogP) is 12.9. The van der Waals surface area contributed by atoms with Crippen LogP contribution in [0, 0.1) is 22.2 Å². The normalized spacial score (nSPS) is 13.2. The molecule has 0 spiro atoms. The fraction of sp³-hybridized carbons (Fsp3) is 0.383. The Bertz CT molecular complexity index is 2040. The molecule has 0 saturated carbocycles. The molecule has 0 radical (unpaired) electrons. The highest BCUT2D eigenvalue weighted by Crippen LogP contribution is 2.67. The van der Waals surface area contributed by atoms with Crippen LogP contribution in [0.2, 0.25) is 0 Å². The number of alkyl halides is 2. The second-order valence-corrected chi connectivity index (χ2v) is 21.5. The van der Waals surface area contributed by atoms with E-state index in [4.69, 9.17) is 4.74 Å². The second kappa shape index (κ2) is 18.9. The molecule has 0 amide bonds. The van der Waals surface area contributed by atoms with E-state index in [1.54, 1.807) is 19.2 Å². The molecule has 0 heterocycles. The van der Waals surface area contributed by atoms with Gasteiger partial charge in [-0.05, 0) is 114 Å². The third-order valence-electron chi connectivity index (χ3n) is 10.2. The third-order valence-corrected chi connectivity index (χ3v) is 15.1. The largest absolute Gasteiger partial charge is 0.507 e. The Morgan fingerprint density at radius 1 is 0.839 bits per heavy atom. The van der Waals surface area contributed by atoms with Crippen molar-refractivity contribution >= 4 is 30.9 Å². The first-order valence-electron chi connectivity index (χ1n) is 19.1. The van der Waals surface area contributed by atoms with E-state index in [0.29, 0.717) is 49.2 Å². The lowest BCUT2D eigenvalue weighted by molar-refractivity contribution is -0.126. The minimum atomic E-state index is -3.37. The van der Waals surface area contributed by atoms with Crippen molar-refractivity contribution in [1.82, 2.24) is 4.31 Å². The number of rotatable bonds is 18. The molecule has 298 valence electrons. The summed E-state index contributed by atoms with van der Waals surface area (Å²) in [4.78, 5) is 13.6. The van der Waals surface area contributed by atoms with E-state index in [-0.39, 0.29) is 29.9 Å². The molecule has 1 N–H and O–H groups in total. The van der Waals surface area contributed by atoms with Gasteiger partial charge in [-0.15, -0.1) is 0 Å². The van der Waals surface area contributed by atoms with Crippen molar-refractivity contribution in [2.45, 2.75) is 90.9 Å². The number of hydrogen-bond donors (Lipinski definition) is 1. The number of para-hydroxylation sites is 1. The highest BCUT2D eigenvalue weighted by atomic mass is 32.2. The summed E-state index contributed by atoms with van der Waals surface area (Å²) < 4.78 is 41.5. The third kappa shape index (κ3) is 11.7. The van der Waals surface area contributed by atoms with Crippen LogP contribution in [0.4, 0.5) is 8.78 Å². The summed E-state index contributed by atoms with van der Waals surface area (Å²) in [5.74, 6) is 0.285. The lowest BCUT2D eigenvalue weighted by atomic mass is 9.85. The number of ketones is 1. The van der Waals surface area contributed by atoms with Gasteiger partial charge in [0.15, 0.2) is 0 Å². The van der Waals surface area contributed by atoms with Crippen LogP contribution in [0.5, 0.6) is 11.5 Å². The molecule has 1 atom stereocenters. The van der Waals surface area contributed by atoms with E-state index in [1.807, 2.05) is 87.5 Å². The molecule has 4 aromatic carbocycles. The number of phenolic OH excluding ortho intramolecular Hbond substituents is 1. The van der Waals surface area contributed by atoms with Crippen molar-refractivity contribution < 1.29 is 23.4 Å². The van der Waals surface area contributed by atoms with Crippen LogP contribution in [-0.2, 0) is 23.5 Å². The van der Waals surface area contributed by atoms with Crippen molar-refractivity contribution in [3.63, 3.8) is 0 Å². The molecule has 5 nitrogen and oxygen atoms in total. The maximum absolute atomic E-state index is 16.9. The van der Waals surface area contributed by atoms with E-state index < -0.39 is 29.3 Å². The van der Waals surface area contributed by atoms with Crippen LogP contribution in [0.3, 0.4) is 0 Å². The molecule has 4 aromatic rings. The van der Waals surface area contributed by atoms with Gasteiger partial charge in [-0.1, -0.05) is 115 Å². The lowest BCUT2D eigenvalue weighted by Crippen LogP contribution is -2.23. The zero-order valence-electron chi connectivity index (χ0n) is 34.0. The van der Waals surface area contributed by atoms with Crippen molar-refractivity contribution in [3.05, 3.63) is 125 Å². The number of benzene rings is 4. The Hall–Kier alpha value is -4.15. The number of halogens is 2. The Morgan fingerprint density at radius 3 is 2.07 bits per heavy atom. The number of nitrogens with zero attached hydrogens (tertiary/aromatic N) is 2. The zero-order chi connectivity index (χ0) is 41.3. The van der Waals surface area contributed by atoms with Crippen LogP contribution in [0.1, 0.15) is 89.5 Å². The van der Waals surface area contributed by atoms with E-state index >= 15 is 8.78 Å². The minimum Gasteiger partial charge on any atom is -0.507 e. The van der Waals surface area contributed by atoms with E-state index in [0.717, 1.165) is 27.2 Å². The van der Waals surface area contributed by atoms with Crippen LogP contribution < -0.4 is 4.74 Å². The van der Waals surface area contributed by atoms with Gasteiger partial charge in [0.2, 0.25) is 0 Å². The van der Waals surface area contributed by atoms with Crippen molar-refractivity contribution in [1.29, 1.82) is 5.26 Å². The molecule has 0 aliphatic heterocycles. The summed E-state index contributed by atoms with van der Waals surface area (Å²) in [7, 11) is 1.62. The molecule has 4 rings (SSSR count). The van der Waals surface area contributed by atoms with Gasteiger partial charge in [0, 0.05) is 24.9 Å². The highest BCUT2D eigenvalue weighted by Gasteiger charge is 2.46. The molecule has 0 aliphatic rings. The number of aromatic hydroxyl groups is 1. The maximum atomic E-state index is 16.9. The highest BCUT2D eigenvalue weighted by molar-refractivity contribution is 7.97. The van der Waals surface area contributed by atoms with Crippen LogP contribution in [-0.4, -0.2) is 40.9 Å². The predicted molar refractivity (Wildman–Crippen MR) is 232 cm³/mol. The van der Waals surface area contributed by atoms with E-state index in [9.17, 15) is 15.2 Å².